The first kappa shape index (κ1) is 15.3. The van der Waals surface area contributed by atoms with Crippen LogP contribution in [0, 0.1) is 11.6 Å². The molecule has 1 heterocycles. The molecule has 1 aliphatic heterocycles. The highest BCUT2D eigenvalue weighted by Gasteiger charge is 2.21. The zero-order valence-electron chi connectivity index (χ0n) is 10.9. The molecule has 0 atom stereocenters. The van der Waals surface area contributed by atoms with Crippen LogP contribution >= 0.6 is 0 Å². The average Bonchev–Trinajstić information content (AvgIpc) is 2.42. The van der Waals surface area contributed by atoms with Gasteiger partial charge in [-0.2, -0.15) is 0 Å². The van der Waals surface area contributed by atoms with Crippen molar-refractivity contribution in [3.63, 3.8) is 0 Å². The largest absolute Gasteiger partial charge is 0.314 e. The quantitative estimate of drug-likeness (QED) is 0.813. The first-order valence-corrected chi connectivity index (χ1v) is 7.86. The minimum atomic E-state index is -4.02. The SMILES string of the molecule is O=S(=O)(NCCN1CCNCC1)c1cccc(F)c1F. The molecule has 0 amide bonds. The summed E-state index contributed by atoms with van der Waals surface area (Å²) in [6.45, 7) is 4.12. The van der Waals surface area contributed by atoms with Crippen LogP contribution in [0.1, 0.15) is 0 Å². The van der Waals surface area contributed by atoms with Crippen LogP contribution in [-0.2, 0) is 10.0 Å². The number of nitrogens with zero attached hydrogens (tertiary/aromatic N) is 1. The molecule has 0 radical (unpaired) electrons. The van der Waals surface area contributed by atoms with E-state index < -0.39 is 26.6 Å². The van der Waals surface area contributed by atoms with E-state index in [1.165, 1.54) is 6.07 Å². The van der Waals surface area contributed by atoms with Crippen LogP contribution in [0.15, 0.2) is 23.1 Å². The minimum absolute atomic E-state index is 0.165. The van der Waals surface area contributed by atoms with E-state index in [0.717, 1.165) is 38.3 Å². The molecule has 1 aliphatic rings. The van der Waals surface area contributed by atoms with E-state index in [2.05, 4.69) is 14.9 Å². The van der Waals surface area contributed by atoms with E-state index in [-0.39, 0.29) is 6.54 Å². The Morgan fingerprint density at radius 2 is 1.95 bits per heavy atom. The molecule has 1 aromatic rings. The van der Waals surface area contributed by atoms with Gasteiger partial charge in [0, 0.05) is 39.3 Å². The summed E-state index contributed by atoms with van der Waals surface area (Å²) in [5.74, 6) is -2.52. The standard InChI is InChI=1S/C12H17F2N3O2S/c13-10-2-1-3-11(12(10)14)20(18,19)16-6-9-17-7-4-15-5-8-17/h1-3,15-16H,4-9H2. The maximum atomic E-state index is 13.5. The van der Waals surface area contributed by atoms with Crippen LogP contribution < -0.4 is 10.0 Å². The summed E-state index contributed by atoms with van der Waals surface area (Å²) in [5.41, 5.74) is 0. The third kappa shape index (κ3) is 3.72. The van der Waals surface area contributed by atoms with E-state index in [0.29, 0.717) is 6.54 Å². The van der Waals surface area contributed by atoms with Gasteiger partial charge in [-0.25, -0.2) is 21.9 Å². The van der Waals surface area contributed by atoms with Crippen LogP contribution in [0.3, 0.4) is 0 Å². The molecule has 1 saturated heterocycles. The van der Waals surface area contributed by atoms with Crippen LogP contribution in [-0.4, -0.2) is 52.6 Å². The molecule has 0 bridgehead atoms. The summed E-state index contributed by atoms with van der Waals surface area (Å²) < 4.78 is 52.6. The summed E-state index contributed by atoms with van der Waals surface area (Å²) in [6.07, 6.45) is 0. The first-order valence-electron chi connectivity index (χ1n) is 6.37. The lowest BCUT2D eigenvalue weighted by atomic mass is 10.3. The third-order valence-corrected chi connectivity index (χ3v) is 4.61. The topological polar surface area (TPSA) is 61.4 Å². The molecule has 20 heavy (non-hydrogen) atoms. The normalized spacial score (nSPS) is 17.3. The lowest BCUT2D eigenvalue weighted by Crippen LogP contribution is -2.46. The van der Waals surface area contributed by atoms with Gasteiger partial charge in [-0.15, -0.1) is 0 Å². The maximum absolute atomic E-state index is 13.5. The van der Waals surface area contributed by atoms with Crippen molar-refractivity contribution in [1.82, 2.24) is 14.9 Å². The van der Waals surface area contributed by atoms with Crippen molar-refractivity contribution in [2.24, 2.45) is 0 Å². The Labute approximate surface area is 117 Å². The van der Waals surface area contributed by atoms with Crippen molar-refractivity contribution in [3.8, 4) is 0 Å². The summed E-state index contributed by atoms with van der Waals surface area (Å²) >= 11 is 0. The van der Waals surface area contributed by atoms with E-state index in [4.69, 9.17) is 0 Å². The van der Waals surface area contributed by atoms with Crippen LogP contribution in [0.25, 0.3) is 0 Å². The van der Waals surface area contributed by atoms with Gasteiger partial charge in [0.25, 0.3) is 0 Å². The fourth-order valence-electron chi connectivity index (χ4n) is 2.04. The molecular weight excluding hydrogens is 288 g/mol. The molecule has 0 saturated carbocycles. The van der Waals surface area contributed by atoms with Crippen molar-refractivity contribution in [2.75, 3.05) is 39.3 Å². The summed E-state index contributed by atoms with van der Waals surface area (Å²) in [5, 5.41) is 3.19. The smallest absolute Gasteiger partial charge is 0.243 e. The third-order valence-electron chi connectivity index (χ3n) is 3.14. The van der Waals surface area contributed by atoms with E-state index >= 15 is 0 Å². The van der Waals surface area contributed by atoms with Crippen molar-refractivity contribution < 1.29 is 17.2 Å². The predicted octanol–water partition coefficient (Wildman–Crippen LogP) is 0.148. The predicted molar refractivity (Wildman–Crippen MR) is 70.9 cm³/mol. The average molecular weight is 305 g/mol. The van der Waals surface area contributed by atoms with E-state index in [1.54, 1.807) is 0 Å². The maximum Gasteiger partial charge on any atom is 0.243 e. The number of piperazine rings is 1. The Hall–Kier alpha value is -1.09. The second-order valence-electron chi connectivity index (χ2n) is 4.54. The molecule has 0 spiro atoms. The zero-order valence-corrected chi connectivity index (χ0v) is 11.7. The number of hydrogen-bond acceptors (Lipinski definition) is 4. The Bertz CT molecular complexity index is 560. The Morgan fingerprint density at radius 3 is 2.65 bits per heavy atom. The summed E-state index contributed by atoms with van der Waals surface area (Å²) in [4.78, 5) is 1.44. The Balaban J connectivity index is 1.95. The number of sulfonamides is 1. The monoisotopic (exact) mass is 305 g/mol. The molecule has 2 N–H and O–H groups in total. The molecular formula is C12H17F2N3O2S. The van der Waals surface area contributed by atoms with Gasteiger partial charge >= 0.3 is 0 Å². The summed E-state index contributed by atoms with van der Waals surface area (Å²) in [7, 11) is -4.02. The van der Waals surface area contributed by atoms with Crippen molar-refractivity contribution in [3.05, 3.63) is 29.8 Å². The van der Waals surface area contributed by atoms with E-state index in [1.807, 2.05) is 0 Å². The Morgan fingerprint density at radius 1 is 1.25 bits per heavy atom. The molecule has 1 aromatic carbocycles. The molecule has 5 nitrogen and oxygen atoms in total. The fourth-order valence-corrected chi connectivity index (χ4v) is 3.15. The second-order valence-corrected chi connectivity index (χ2v) is 6.28. The molecule has 0 aromatic heterocycles. The van der Waals surface area contributed by atoms with Gasteiger partial charge < -0.3 is 5.32 Å². The van der Waals surface area contributed by atoms with Crippen molar-refractivity contribution >= 4 is 10.0 Å². The number of benzene rings is 1. The molecule has 2 rings (SSSR count). The van der Waals surface area contributed by atoms with Gasteiger partial charge in [-0.05, 0) is 12.1 Å². The zero-order chi connectivity index (χ0) is 14.6. The van der Waals surface area contributed by atoms with Gasteiger partial charge in [-0.1, -0.05) is 6.07 Å². The first-order chi connectivity index (χ1) is 9.50. The van der Waals surface area contributed by atoms with Gasteiger partial charge in [-0.3, -0.25) is 4.90 Å². The Kier molecular flexibility index (Phi) is 5.03. The van der Waals surface area contributed by atoms with E-state index in [9.17, 15) is 17.2 Å². The van der Waals surface area contributed by atoms with Gasteiger partial charge in [0.2, 0.25) is 10.0 Å². The molecule has 1 fully saturated rings. The molecule has 0 unspecified atom stereocenters. The van der Waals surface area contributed by atoms with Gasteiger partial charge in [0.15, 0.2) is 11.6 Å². The molecule has 0 aliphatic carbocycles. The van der Waals surface area contributed by atoms with Crippen molar-refractivity contribution in [1.29, 1.82) is 0 Å². The highest BCUT2D eigenvalue weighted by atomic mass is 32.2. The lowest BCUT2D eigenvalue weighted by Gasteiger charge is -2.27. The van der Waals surface area contributed by atoms with Crippen LogP contribution in [0.5, 0.6) is 0 Å². The lowest BCUT2D eigenvalue weighted by molar-refractivity contribution is 0.245. The summed E-state index contributed by atoms with van der Waals surface area (Å²) in [6, 6.07) is 3.10. The minimum Gasteiger partial charge on any atom is -0.314 e. The highest BCUT2D eigenvalue weighted by molar-refractivity contribution is 7.89. The molecule has 8 heteroatoms. The van der Waals surface area contributed by atoms with Crippen LogP contribution in [0.2, 0.25) is 0 Å². The number of nitrogens with one attached hydrogen (secondary N) is 2. The molecule has 112 valence electrons. The highest BCUT2D eigenvalue weighted by Crippen LogP contribution is 2.16. The van der Waals surface area contributed by atoms with Gasteiger partial charge in [0.1, 0.15) is 4.90 Å². The van der Waals surface area contributed by atoms with Crippen LogP contribution in [0.4, 0.5) is 8.78 Å². The number of rotatable bonds is 5. The number of hydrogen-bond donors (Lipinski definition) is 2. The fraction of sp³-hybridized carbons (Fsp3) is 0.500. The van der Waals surface area contributed by atoms with Gasteiger partial charge in [0.05, 0.1) is 0 Å². The number of halogens is 2. The second kappa shape index (κ2) is 6.57. The van der Waals surface area contributed by atoms with Crippen molar-refractivity contribution in [2.45, 2.75) is 4.90 Å².